The third-order valence-corrected chi connectivity index (χ3v) is 3.53. The number of urea groups is 2. The number of benzene rings is 2. The first-order valence-corrected chi connectivity index (χ1v) is 8.32. The van der Waals surface area contributed by atoms with Crippen LogP contribution in [-0.2, 0) is 19.6 Å². The minimum Gasteiger partial charge on any atom is -0.338 e. The van der Waals surface area contributed by atoms with Crippen LogP contribution in [0.15, 0.2) is 54.6 Å². The van der Waals surface area contributed by atoms with Crippen LogP contribution in [0.5, 0.6) is 0 Å². The van der Waals surface area contributed by atoms with Gasteiger partial charge in [-0.1, -0.05) is 54.6 Å². The fraction of sp³-hybridized carbons (Fsp3) is 0.263. The quantitative estimate of drug-likeness (QED) is 0.625. The Kier molecular flexibility index (Phi) is 7.31. The van der Waals surface area contributed by atoms with Crippen molar-refractivity contribution in [1.29, 1.82) is 0 Å². The molecule has 0 spiro atoms. The minimum absolute atomic E-state index is 0.189. The smallest absolute Gasteiger partial charge is 0.315 e. The third kappa shape index (κ3) is 6.95. The third-order valence-electron chi connectivity index (χ3n) is 3.53. The van der Waals surface area contributed by atoms with Gasteiger partial charge in [0.05, 0.1) is 0 Å². The summed E-state index contributed by atoms with van der Waals surface area (Å²) in [5.74, 6) is 0. The van der Waals surface area contributed by atoms with Gasteiger partial charge in [0.25, 0.3) is 0 Å². The van der Waals surface area contributed by atoms with Crippen molar-refractivity contribution < 1.29 is 9.59 Å². The van der Waals surface area contributed by atoms with Gasteiger partial charge in [-0.25, -0.2) is 9.59 Å². The van der Waals surface area contributed by atoms with E-state index in [1.165, 1.54) is 0 Å². The molecule has 6 nitrogen and oxygen atoms in total. The number of hydrogen-bond donors (Lipinski definition) is 4. The highest BCUT2D eigenvalue weighted by Crippen LogP contribution is 2.05. The Morgan fingerprint density at radius 1 is 0.680 bits per heavy atom. The Hall–Kier alpha value is -3.02. The van der Waals surface area contributed by atoms with Gasteiger partial charge in [0.1, 0.15) is 0 Å². The summed E-state index contributed by atoms with van der Waals surface area (Å²) in [6.45, 7) is 3.82. The molecular weight excluding hydrogens is 316 g/mol. The van der Waals surface area contributed by atoms with Crippen LogP contribution in [0.2, 0.25) is 0 Å². The van der Waals surface area contributed by atoms with Gasteiger partial charge in [-0.15, -0.1) is 0 Å². The van der Waals surface area contributed by atoms with Crippen LogP contribution in [0.4, 0.5) is 9.59 Å². The van der Waals surface area contributed by atoms with E-state index >= 15 is 0 Å². The molecule has 0 aliphatic carbocycles. The van der Waals surface area contributed by atoms with Crippen LogP contribution in [-0.4, -0.2) is 18.6 Å². The molecule has 0 fully saturated rings. The molecule has 0 unspecified atom stereocenters. The second kappa shape index (κ2) is 9.97. The number of carbonyl (C=O) groups excluding carboxylic acids is 2. The lowest BCUT2D eigenvalue weighted by Gasteiger charge is -2.10. The molecule has 6 heteroatoms. The molecule has 0 radical (unpaired) electrons. The van der Waals surface area contributed by atoms with Crippen molar-refractivity contribution in [3.05, 3.63) is 71.3 Å². The molecule has 0 aliphatic heterocycles. The van der Waals surface area contributed by atoms with Crippen molar-refractivity contribution in [2.24, 2.45) is 0 Å². The van der Waals surface area contributed by atoms with E-state index in [1.807, 2.05) is 61.5 Å². The Morgan fingerprint density at radius 3 is 1.72 bits per heavy atom. The number of carbonyl (C=O) groups is 2. The van der Waals surface area contributed by atoms with Crippen molar-refractivity contribution in [2.45, 2.75) is 26.6 Å². The zero-order valence-electron chi connectivity index (χ0n) is 14.3. The van der Waals surface area contributed by atoms with E-state index in [0.717, 1.165) is 16.7 Å². The molecule has 0 aliphatic rings. The summed E-state index contributed by atoms with van der Waals surface area (Å²) in [6.07, 6.45) is 0. The first-order chi connectivity index (χ1) is 12.2. The van der Waals surface area contributed by atoms with Gasteiger partial charge in [0.2, 0.25) is 0 Å². The predicted octanol–water partition coefficient (Wildman–Crippen LogP) is 2.51. The highest BCUT2D eigenvalue weighted by atomic mass is 16.2. The summed E-state index contributed by atoms with van der Waals surface area (Å²) >= 11 is 0. The lowest BCUT2D eigenvalue weighted by Crippen LogP contribution is -2.35. The van der Waals surface area contributed by atoms with Crippen LogP contribution in [0.3, 0.4) is 0 Å². The summed E-state index contributed by atoms with van der Waals surface area (Å²) in [4.78, 5) is 23.3. The summed E-state index contributed by atoms with van der Waals surface area (Å²) in [5, 5.41) is 11.1. The lowest BCUT2D eigenvalue weighted by atomic mass is 10.1. The average molecular weight is 340 g/mol. The predicted molar refractivity (Wildman–Crippen MR) is 97.9 cm³/mol. The van der Waals surface area contributed by atoms with Crippen LogP contribution in [0, 0.1) is 0 Å². The van der Waals surface area contributed by atoms with Crippen molar-refractivity contribution >= 4 is 12.1 Å². The first kappa shape index (κ1) is 18.3. The molecule has 25 heavy (non-hydrogen) atoms. The maximum Gasteiger partial charge on any atom is 0.315 e. The molecular formula is C19H24N4O2. The number of rotatable bonds is 7. The molecule has 2 rings (SSSR count). The zero-order valence-corrected chi connectivity index (χ0v) is 14.3. The fourth-order valence-electron chi connectivity index (χ4n) is 2.28. The Labute approximate surface area is 148 Å². The molecule has 2 aromatic rings. The van der Waals surface area contributed by atoms with Crippen LogP contribution < -0.4 is 21.3 Å². The summed E-state index contributed by atoms with van der Waals surface area (Å²) in [6, 6.07) is 17.1. The first-order valence-electron chi connectivity index (χ1n) is 8.32. The molecule has 0 bridgehead atoms. The van der Waals surface area contributed by atoms with E-state index in [9.17, 15) is 9.59 Å². The van der Waals surface area contributed by atoms with Crippen LogP contribution in [0.1, 0.15) is 23.6 Å². The maximum atomic E-state index is 11.9. The summed E-state index contributed by atoms with van der Waals surface area (Å²) in [5.41, 5.74) is 3.01. The molecule has 4 amide bonds. The summed E-state index contributed by atoms with van der Waals surface area (Å²) in [7, 11) is 0. The van der Waals surface area contributed by atoms with E-state index in [4.69, 9.17) is 0 Å². The zero-order chi connectivity index (χ0) is 17.9. The fourth-order valence-corrected chi connectivity index (χ4v) is 2.28. The van der Waals surface area contributed by atoms with Crippen molar-refractivity contribution in [3.63, 3.8) is 0 Å². The van der Waals surface area contributed by atoms with E-state index in [0.29, 0.717) is 26.2 Å². The van der Waals surface area contributed by atoms with Gasteiger partial charge < -0.3 is 21.3 Å². The van der Waals surface area contributed by atoms with Crippen LogP contribution in [0.25, 0.3) is 0 Å². The molecule has 132 valence electrons. The highest BCUT2D eigenvalue weighted by Gasteiger charge is 2.03. The highest BCUT2D eigenvalue weighted by molar-refractivity contribution is 5.74. The maximum absolute atomic E-state index is 11.9. The van der Waals surface area contributed by atoms with Gasteiger partial charge in [-0.2, -0.15) is 0 Å². The number of hydrogen-bond acceptors (Lipinski definition) is 2. The molecule has 4 N–H and O–H groups in total. The standard InChI is InChI=1S/C19H24N4O2/c1-2-20-18(24)22-13-16-9-6-10-17(11-16)14-23-19(25)21-12-15-7-4-3-5-8-15/h3-11H,2,12-14H2,1H3,(H2,20,22,24)(H2,21,23,25). The van der Waals surface area contributed by atoms with E-state index in [-0.39, 0.29) is 12.1 Å². The van der Waals surface area contributed by atoms with Crippen molar-refractivity contribution in [3.8, 4) is 0 Å². The van der Waals surface area contributed by atoms with Crippen LogP contribution >= 0.6 is 0 Å². The number of amides is 4. The van der Waals surface area contributed by atoms with E-state index < -0.39 is 0 Å². The second-order valence-electron chi connectivity index (χ2n) is 5.55. The monoisotopic (exact) mass is 340 g/mol. The van der Waals surface area contributed by atoms with E-state index in [1.54, 1.807) is 0 Å². The summed E-state index contributed by atoms with van der Waals surface area (Å²) < 4.78 is 0. The normalized spacial score (nSPS) is 9.96. The minimum atomic E-state index is -0.213. The SMILES string of the molecule is CCNC(=O)NCc1cccc(CNC(=O)NCc2ccccc2)c1. The van der Waals surface area contributed by atoms with Gasteiger partial charge >= 0.3 is 12.1 Å². The average Bonchev–Trinajstić information content (AvgIpc) is 2.64. The molecule has 0 aromatic heterocycles. The van der Waals surface area contributed by atoms with Crippen molar-refractivity contribution in [2.75, 3.05) is 6.54 Å². The van der Waals surface area contributed by atoms with E-state index in [2.05, 4.69) is 21.3 Å². The number of nitrogens with one attached hydrogen (secondary N) is 4. The Balaban J connectivity index is 1.75. The molecule has 0 saturated carbocycles. The molecule has 0 saturated heterocycles. The van der Waals surface area contributed by atoms with Gasteiger partial charge in [-0.05, 0) is 23.6 Å². The Morgan fingerprint density at radius 2 is 1.16 bits per heavy atom. The van der Waals surface area contributed by atoms with Crippen molar-refractivity contribution in [1.82, 2.24) is 21.3 Å². The van der Waals surface area contributed by atoms with Gasteiger partial charge in [-0.3, -0.25) is 0 Å². The second-order valence-corrected chi connectivity index (χ2v) is 5.55. The van der Waals surface area contributed by atoms with Gasteiger partial charge in [0, 0.05) is 26.2 Å². The lowest BCUT2D eigenvalue weighted by molar-refractivity contribution is 0.239. The Bertz CT molecular complexity index is 689. The molecule has 0 atom stereocenters. The molecule has 2 aromatic carbocycles. The van der Waals surface area contributed by atoms with Gasteiger partial charge in [0.15, 0.2) is 0 Å². The largest absolute Gasteiger partial charge is 0.338 e. The molecule has 0 heterocycles. The topological polar surface area (TPSA) is 82.3 Å².